The summed E-state index contributed by atoms with van der Waals surface area (Å²) >= 11 is 1.67. The van der Waals surface area contributed by atoms with Gasteiger partial charge < -0.3 is 15.3 Å². The second-order valence-corrected chi connectivity index (χ2v) is 7.25. The summed E-state index contributed by atoms with van der Waals surface area (Å²) < 4.78 is 2.19. The maximum Gasteiger partial charge on any atom is 0.195 e. The number of aliphatic hydroxyl groups excluding tert-OH is 1. The van der Waals surface area contributed by atoms with Gasteiger partial charge in [0.2, 0.25) is 0 Å². The lowest BCUT2D eigenvalue weighted by molar-refractivity contribution is 0.102. The molecule has 0 radical (unpaired) electrons. The third-order valence-electron chi connectivity index (χ3n) is 4.69. The van der Waals surface area contributed by atoms with Gasteiger partial charge in [-0.1, -0.05) is 6.92 Å². The van der Waals surface area contributed by atoms with Gasteiger partial charge in [-0.25, -0.2) is 4.98 Å². The number of thiazole rings is 1. The minimum absolute atomic E-state index is 0.247. The lowest BCUT2D eigenvalue weighted by atomic mass is 9.96. The van der Waals surface area contributed by atoms with Crippen molar-refractivity contribution in [2.24, 2.45) is 5.92 Å². The zero-order chi connectivity index (χ0) is 14.4. The first kappa shape index (κ1) is 13.5. The number of hydrogen-bond donors (Lipinski definition) is 2. The number of imidazole rings is 1. The molecule has 2 atom stereocenters. The van der Waals surface area contributed by atoms with Crippen LogP contribution in [0.3, 0.4) is 0 Å². The van der Waals surface area contributed by atoms with E-state index < -0.39 is 0 Å². The van der Waals surface area contributed by atoms with Crippen molar-refractivity contribution in [3.63, 3.8) is 0 Å². The van der Waals surface area contributed by atoms with Crippen molar-refractivity contribution in [1.29, 1.82) is 0 Å². The van der Waals surface area contributed by atoms with Crippen molar-refractivity contribution in [1.82, 2.24) is 14.7 Å². The van der Waals surface area contributed by atoms with Gasteiger partial charge >= 0.3 is 0 Å². The Hall–Kier alpha value is -1.11. The van der Waals surface area contributed by atoms with Gasteiger partial charge in [0.05, 0.1) is 11.8 Å². The van der Waals surface area contributed by atoms with Crippen LogP contribution in [0.2, 0.25) is 0 Å². The molecule has 1 saturated carbocycles. The molecule has 4 rings (SSSR count). The van der Waals surface area contributed by atoms with Gasteiger partial charge in [-0.3, -0.25) is 4.40 Å². The van der Waals surface area contributed by atoms with E-state index in [1.54, 1.807) is 11.3 Å². The maximum atomic E-state index is 10.2. The number of hydrogen-bond acceptors (Lipinski definition) is 5. The molecule has 6 heteroatoms. The molecule has 5 nitrogen and oxygen atoms in total. The third-order valence-corrected chi connectivity index (χ3v) is 5.45. The Morgan fingerprint density at radius 3 is 3.05 bits per heavy atom. The zero-order valence-corrected chi connectivity index (χ0v) is 13.1. The fraction of sp³-hybridized carbons (Fsp3) is 0.667. The molecular formula is C15H22N4OS. The van der Waals surface area contributed by atoms with Crippen LogP contribution in [0, 0.1) is 5.92 Å². The molecular weight excluding hydrogens is 284 g/mol. The van der Waals surface area contributed by atoms with Gasteiger partial charge in [0.15, 0.2) is 10.8 Å². The highest BCUT2D eigenvalue weighted by Crippen LogP contribution is 2.29. The normalized spacial score (nSPS) is 26.7. The lowest BCUT2D eigenvalue weighted by Crippen LogP contribution is -2.43. The molecule has 2 fully saturated rings. The molecule has 21 heavy (non-hydrogen) atoms. The van der Waals surface area contributed by atoms with Crippen LogP contribution < -0.4 is 10.2 Å². The summed E-state index contributed by atoms with van der Waals surface area (Å²) in [6, 6.07) is 0.689. The monoisotopic (exact) mass is 306 g/mol. The van der Waals surface area contributed by atoms with Gasteiger partial charge in [0.1, 0.15) is 0 Å². The van der Waals surface area contributed by atoms with E-state index in [0.29, 0.717) is 18.5 Å². The first-order valence-electron chi connectivity index (χ1n) is 7.83. The molecule has 1 aliphatic carbocycles. The highest BCUT2D eigenvalue weighted by atomic mass is 32.1. The highest BCUT2D eigenvalue weighted by Gasteiger charge is 2.29. The minimum Gasteiger partial charge on any atom is -0.391 e. The number of nitrogens with zero attached hydrogens (tertiary/aromatic N) is 3. The number of anilines is 1. The molecule has 2 N–H and O–H groups in total. The molecule has 2 aromatic heterocycles. The molecule has 1 saturated heterocycles. The third kappa shape index (κ3) is 2.56. The van der Waals surface area contributed by atoms with Crippen LogP contribution in [0.25, 0.3) is 4.96 Å². The Morgan fingerprint density at radius 2 is 2.29 bits per heavy atom. The van der Waals surface area contributed by atoms with Crippen LogP contribution in [-0.2, 0) is 6.54 Å². The molecule has 2 aromatic rings. The van der Waals surface area contributed by atoms with E-state index in [9.17, 15) is 5.11 Å². The SMILES string of the molecule is CC1CCN(c2nc3sccn3c2CNC2CC2)CC1O. The number of rotatable bonds is 4. The summed E-state index contributed by atoms with van der Waals surface area (Å²) in [5.74, 6) is 1.44. The Labute approximate surface area is 128 Å². The zero-order valence-electron chi connectivity index (χ0n) is 12.3. The van der Waals surface area contributed by atoms with Crippen molar-refractivity contribution < 1.29 is 5.11 Å². The van der Waals surface area contributed by atoms with E-state index in [-0.39, 0.29) is 6.10 Å². The van der Waals surface area contributed by atoms with Crippen LogP contribution in [0.15, 0.2) is 11.6 Å². The molecule has 1 aliphatic heterocycles. The topological polar surface area (TPSA) is 52.8 Å². The molecule has 0 amide bonds. The number of piperidine rings is 1. The van der Waals surface area contributed by atoms with Crippen LogP contribution in [-0.4, -0.2) is 39.7 Å². The molecule has 2 aliphatic rings. The van der Waals surface area contributed by atoms with Crippen molar-refractivity contribution in [3.05, 3.63) is 17.3 Å². The average Bonchev–Trinajstić information content (AvgIpc) is 3.07. The molecule has 114 valence electrons. The van der Waals surface area contributed by atoms with Crippen LogP contribution >= 0.6 is 11.3 Å². The van der Waals surface area contributed by atoms with Crippen LogP contribution in [0.1, 0.15) is 31.9 Å². The van der Waals surface area contributed by atoms with Gasteiger partial charge in [-0.05, 0) is 25.2 Å². The van der Waals surface area contributed by atoms with E-state index in [0.717, 1.165) is 30.3 Å². The number of aliphatic hydroxyl groups is 1. The number of nitrogens with one attached hydrogen (secondary N) is 1. The summed E-state index contributed by atoms with van der Waals surface area (Å²) in [4.78, 5) is 8.12. The van der Waals surface area contributed by atoms with Crippen molar-refractivity contribution in [2.45, 2.75) is 44.9 Å². The van der Waals surface area contributed by atoms with Gasteiger partial charge in [-0.15, -0.1) is 11.3 Å². The predicted octanol–water partition coefficient (Wildman–Crippen LogP) is 1.85. The largest absolute Gasteiger partial charge is 0.391 e. The van der Waals surface area contributed by atoms with Gasteiger partial charge in [0.25, 0.3) is 0 Å². The Bertz CT molecular complexity index is 633. The highest BCUT2D eigenvalue weighted by molar-refractivity contribution is 7.15. The number of β-amino-alcohol motifs (C(OH)–C–C–N with tert-alkyl or cyclic N) is 1. The smallest absolute Gasteiger partial charge is 0.195 e. The number of aromatic nitrogens is 2. The van der Waals surface area contributed by atoms with Crippen molar-refractivity contribution in [2.75, 3.05) is 18.0 Å². The van der Waals surface area contributed by atoms with E-state index >= 15 is 0 Å². The van der Waals surface area contributed by atoms with E-state index in [1.807, 2.05) is 0 Å². The second-order valence-electron chi connectivity index (χ2n) is 6.37. The summed E-state index contributed by atoms with van der Waals surface area (Å²) in [7, 11) is 0. The van der Waals surface area contributed by atoms with Gasteiger partial charge in [-0.2, -0.15) is 0 Å². The Kier molecular flexibility index (Phi) is 3.40. The first-order chi connectivity index (χ1) is 10.2. The van der Waals surface area contributed by atoms with Gasteiger partial charge in [0, 0.05) is 37.3 Å². The standard InChI is InChI=1S/C15H22N4OS/c1-10-4-5-18(9-13(10)20)14-12(8-16-11-2-3-11)19-6-7-21-15(19)17-14/h6-7,10-11,13,16,20H,2-5,8-9H2,1H3. The van der Waals surface area contributed by atoms with Crippen LogP contribution in [0.5, 0.6) is 0 Å². The fourth-order valence-electron chi connectivity index (χ4n) is 3.01. The fourth-order valence-corrected chi connectivity index (χ4v) is 3.74. The molecule has 2 unspecified atom stereocenters. The number of fused-ring (bicyclic) bond motifs is 1. The Morgan fingerprint density at radius 1 is 1.43 bits per heavy atom. The van der Waals surface area contributed by atoms with Crippen molar-refractivity contribution in [3.8, 4) is 0 Å². The summed E-state index contributed by atoms with van der Waals surface area (Å²) in [5, 5.41) is 15.8. The lowest BCUT2D eigenvalue weighted by Gasteiger charge is -2.35. The van der Waals surface area contributed by atoms with E-state index in [4.69, 9.17) is 4.98 Å². The second kappa shape index (κ2) is 5.26. The predicted molar refractivity (Wildman–Crippen MR) is 84.9 cm³/mol. The minimum atomic E-state index is -0.247. The molecule has 0 spiro atoms. The molecule has 0 bridgehead atoms. The van der Waals surface area contributed by atoms with Crippen LogP contribution in [0.4, 0.5) is 5.82 Å². The quantitative estimate of drug-likeness (QED) is 0.905. The van der Waals surface area contributed by atoms with E-state index in [2.05, 4.69) is 33.1 Å². The summed E-state index contributed by atoms with van der Waals surface area (Å²) in [6.45, 7) is 4.67. The Balaban J connectivity index is 1.63. The van der Waals surface area contributed by atoms with E-state index in [1.165, 1.54) is 18.5 Å². The first-order valence-corrected chi connectivity index (χ1v) is 8.71. The van der Waals surface area contributed by atoms with Crippen molar-refractivity contribution >= 4 is 22.1 Å². The molecule has 3 heterocycles. The average molecular weight is 306 g/mol. The summed E-state index contributed by atoms with van der Waals surface area (Å²) in [5.41, 5.74) is 1.24. The molecule has 0 aromatic carbocycles. The maximum absolute atomic E-state index is 10.2. The summed E-state index contributed by atoms with van der Waals surface area (Å²) in [6.07, 6.45) is 5.47.